The van der Waals surface area contributed by atoms with E-state index in [0.29, 0.717) is 25.9 Å². The Balaban J connectivity index is 0. The van der Waals surface area contributed by atoms with E-state index in [1.54, 1.807) is 0 Å². The average Bonchev–Trinajstić information content (AvgIpc) is 3.15. The van der Waals surface area contributed by atoms with Gasteiger partial charge in [-0.25, -0.2) is 8.42 Å². The second kappa shape index (κ2) is 41.4. The fourth-order valence-electron chi connectivity index (χ4n) is 7.09. The lowest BCUT2D eigenvalue weighted by Crippen LogP contribution is -2.52. The number of carbonyl (C=O) groups excluding carboxylic acids is 2. The molecule has 0 aliphatic heterocycles. The maximum Gasteiger partial charge on any atom is 0.219 e. The molecule has 0 heterocycles. The molecule has 0 fully saturated rings. The van der Waals surface area contributed by atoms with Crippen molar-refractivity contribution in [1.29, 1.82) is 0 Å². The Morgan fingerprint density at radius 1 is 0.519 bits per heavy atom. The van der Waals surface area contributed by atoms with Crippen LogP contribution in [0.1, 0.15) is 213 Å². The molecular weight excluding hydrogens is 703 g/mol. The number of hydrogen-bond donors (Lipinski definition) is 3. The molecule has 324 valence electrons. The molecule has 0 aromatic rings. The molecule has 0 aliphatic carbocycles. The van der Waals surface area contributed by atoms with Crippen LogP contribution in [-0.2, 0) is 24.2 Å². The third-order valence-corrected chi connectivity index (χ3v) is 11.1. The number of aliphatic hydroxyl groups excluding tert-OH is 1. The lowest BCUT2D eigenvalue weighted by atomic mass is 10.0. The highest BCUT2D eigenvalue weighted by molar-refractivity contribution is 7.80. The lowest BCUT2D eigenvalue weighted by molar-refractivity contribution is -0.927. The number of aliphatic hydroxyl groups is 1. The zero-order chi connectivity index (χ0) is 40.4. The topological polar surface area (TPSA) is 145 Å². The number of amides is 2. The van der Waals surface area contributed by atoms with Crippen molar-refractivity contribution < 1.29 is 36.3 Å². The third kappa shape index (κ3) is 41.9. The van der Waals surface area contributed by atoms with E-state index in [-0.39, 0.29) is 18.4 Å². The minimum Gasteiger partial charge on any atom is -0.726 e. The number of hydrogen-bond acceptors (Lipinski definition) is 7. The van der Waals surface area contributed by atoms with E-state index in [1.165, 1.54) is 141 Å². The Morgan fingerprint density at radius 2 is 0.796 bits per heavy atom. The molecule has 54 heavy (non-hydrogen) atoms. The van der Waals surface area contributed by atoms with Crippen molar-refractivity contribution in [2.24, 2.45) is 0 Å². The van der Waals surface area contributed by atoms with E-state index in [4.69, 9.17) is 0 Å². The van der Waals surface area contributed by atoms with Gasteiger partial charge in [0.1, 0.15) is 6.54 Å². The summed E-state index contributed by atoms with van der Waals surface area (Å²) in [6, 6.07) is 0. The van der Waals surface area contributed by atoms with Crippen molar-refractivity contribution in [3.63, 3.8) is 0 Å². The predicted octanol–water partition coefficient (Wildman–Crippen LogP) is 9.88. The van der Waals surface area contributed by atoms with E-state index in [0.717, 1.165) is 76.3 Å². The summed E-state index contributed by atoms with van der Waals surface area (Å²) < 4.78 is 31.9. The van der Waals surface area contributed by atoms with Crippen LogP contribution in [0.25, 0.3) is 0 Å². The monoisotopic (exact) mass is 792 g/mol. The minimum atomic E-state index is -4.41. The summed E-state index contributed by atoms with van der Waals surface area (Å²) in [6.45, 7) is 11.9. The molecule has 0 aliphatic rings. The van der Waals surface area contributed by atoms with Crippen LogP contribution in [0.5, 0.6) is 0 Å². The molecule has 3 N–H and O–H groups in total. The number of unbranched alkanes of at least 4 members (excludes halogenated alkanes) is 24. The number of likely N-dealkylation sites (N-methyl/N-ethyl adjacent to an activating group) is 1. The van der Waals surface area contributed by atoms with Gasteiger partial charge >= 0.3 is 0 Å². The largest absolute Gasteiger partial charge is 0.726 e. The van der Waals surface area contributed by atoms with E-state index in [2.05, 4.69) is 35.6 Å². The second-order valence-corrected chi connectivity index (χ2v) is 16.7. The average molecular weight is 792 g/mol. The van der Waals surface area contributed by atoms with Gasteiger partial charge in [0.15, 0.2) is 0 Å². The molecule has 2 amide bonds. The van der Waals surface area contributed by atoms with Gasteiger partial charge in [-0.3, -0.25) is 13.8 Å². The first-order valence-corrected chi connectivity index (χ1v) is 23.9. The van der Waals surface area contributed by atoms with E-state index < -0.39 is 10.4 Å². The Bertz CT molecular complexity index is 871. The molecule has 10 nitrogen and oxygen atoms in total. The van der Waals surface area contributed by atoms with Gasteiger partial charge in [-0.2, -0.15) is 0 Å². The molecule has 0 spiro atoms. The van der Waals surface area contributed by atoms with Crippen molar-refractivity contribution in [2.45, 2.75) is 213 Å². The Hall–Kier alpha value is -1.27. The van der Waals surface area contributed by atoms with Crippen LogP contribution in [0.4, 0.5) is 0 Å². The fourth-order valence-corrected chi connectivity index (χ4v) is 7.09. The van der Waals surface area contributed by atoms with Crippen LogP contribution in [0.2, 0.25) is 0 Å². The van der Waals surface area contributed by atoms with Gasteiger partial charge in [-0.15, -0.1) is 0 Å². The zero-order valence-electron chi connectivity index (χ0n) is 35.9. The normalized spacial score (nSPS) is 11.7. The molecule has 0 saturated carbocycles. The molecule has 0 bridgehead atoms. The van der Waals surface area contributed by atoms with Crippen molar-refractivity contribution >= 4 is 22.2 Å². The highest BCUT2D eigenvalue weighted by Gasteiger charge is 2.24. The summed E-state index contributed by atoms with van der Waals surface area (Å²) in [6.07, 6.45) is 37.5. The molecule has 0 saturated heterocycles. The quantitative estimate of drug-likeness (QED) is 0.0243. The third-order valence-electron chi connectivity index (χ3n) is 10.7. The van der Waals surface area contributed by atoms with Gasteiger partial charge in [0.2, 0.25) is 22.2 Å². The van der Waals surface area contributed by atoms with E-state index in [1.807, 2.05) is 0 Å². The minimum absolute atomic E-state index is 0.171. The highest BCUT2D eigenvalue weighted by atomic mass is 32.3. The lowest BCUT2D eigenvalue weighted by Gasteiger charge is -2.37. The molecule has 0 unspecified atom stereocenters. The van der Waals surface area contributed by atoms with Gasteiger partial charge in [0, 0.05) is 38.8 Å². The number of nitrogens with one attached hydrogen (secondary N) is 2. The number of quaternary nitrogens is 1. The van der Waals surface area contributed by atoms with Crippen LogP contribution < -0.4 is 10.6 Å². The standard InChI is InChI=1S/C42H85N3O3.CH4O4S/c1-4-7-9-11-13-15-17-19-21-23-25-27-29-33-41(47)43-35-31-37-45(6-3,39-40-46)38-32-36-44-42(48)34-30-28-26-24-22-20-18-16-14-12-10-8-5-2;1-5-6(2,3)4/h46H,4-40H2,1-3H3,(H-,43,44,47,48);1H3,(H,2,3,4). The maximum atomic E-state index is 12.4. The molecule has 0 rings (SSSR count). The first-order valence-electron chi connectivity index (χ1n) is 22.6. The van der Waals surface area contributed by atoms with Gasteiger partial charge < -0.3 is 24.8 Å². The fraction of sp³-hybridized carbons (Fsp3) is 0.953. The van der Waals surface area contributed by atoms with Crippen LogP contribution >= 0.6 is 0 Å². The van der Waals surface area contributed by atoms with Crippen molar-refractivity contribution in [3.05, 3.63) is 0 Å². The first-order chi connectivity index (χ1) is 26.1. The molecule has 0 radical (unpaired) electrons. The van der Waals surface area contributed by atoms with E-state index in [9.17, 15) is 27.7 Å². The Morgan fingerprint density at radius 3 is 1.04 bits per heavy atom. The Labute approximate surface area is 334 Å². The summed E-state index contributed by atoms with van der Waals surface area (Å²) in [4.78, 5) is 24.7. The maximum absolute atomic E-state index is 12.4. The summed E-state index contributed by atoms with van der Waals surface area (Å²) >= 11 is 0. The van der Waals surface area contributed by atoms with Crippen molar-refractivity contribution in [3.8, 4) is 0 Å². The SMILES string of the molecule is CCCCCCCCCCCCCCCC(=O)NCCC[N+](CC)(CCO)CCCNC(=O)CCCCCCCCCCCCCCC.COS(=O)(=O)[O-]. The zero-order valence-corrected chi connectivity index (χ0v) is 36.7. The van der Waals surface area contributed by atoms with Gasteiger partial charge in [-0.05, 0) is 19.8 Å². The van der Waals surface area contributed by atoms with Crippen LogP contribution in [0, 0.1) is 0 Å². The number of nitrogens with zero attached hydrogens (tertiary/aromatic N) is 1. The van der Waals surface area contributed by atoms with Gasteiger partial charge in [0.25, 0.3) is 0 Å². The van der Waals surface area contributed by atoms with Crippen LogP contribution in [-0.4, -0.2) is 87.4 Å². The molecule has 11 heteroatoms. The van der Waals surface area contributed by atoms with E-state index >= 15 is 0 Å². The van der Waals surface area contributed by atoms with Gasteiger partial charge in [0.05, 0.1) is 33.4 Å². The van der Waals surface area contributed by atoms with Crippen LogP contribution in [0.15, 0.2) is 0 Å². The van der Waals surface area contributed by atoms with Crippen molar-refractivity contribution in [1.82, 2.24) is 10.6 Å². The molecule has 0 aromatic carbocycles. The highest BCUT2D eigenvalue weighted by Crippen LogP contribution is 2.15. The molecule has 0 atom stereocenters. The smallest absolute Gasteiger partial charge is 0.219 e. The first kappa shape index (κ1) is 54.8. The van der Waals surface area contributed by atoms with Gasteiger partial charge in [-0.1, -0.05) is 168 Å². The molecule has 0 aromatic heterocycles. The van der Waals surface area contributed by atoms with Crippen molar-refractivity contribution in [2.75, 3.05) is 53.0 Å². The predicted molar refractivity (Wildman–Crippen MR) is 225 cm³/mol. The summed E-state index contributed by atoms with van der Waals surface area (Å²) in [5.74, 6) is 0.363. The number of carbonyl (C=O) groups is 2. The summed E-state index contributed by atoms with van der Waals surface area (Å²) in [7, 11) is -3.60. The van der Waals surface area contributed by atoms with Crippen LogP contribution in [0.3, 0.4) is 0 Å². The summed E-state index contributed by atoms with van der Waals surface area (Å²) in [5.41, 5.74) is 0. The summed E-state index contributed by atoms with van der Waals surface area (Å²) in [5, 5.41) is 16.0. The molecular formula is C43H89N3O7S. The Kier molecular flexibility index (Phi) is 42.0. The second-order valence-electron chi connectivity index (χ2n) is 15.5. The number of rotatable bonds is 40.